The molecule has 0 atom stereocenters. The number of carbonyl (C=O) groups is 1. The van der Waals surface area contributed by atoms with Crippen LogP contribution in [0.1, 0.15) is 0 Å². The highest BCUT2D eigenvalue weighted by molar-refractivity contribution is 8.00. The van der Waals surface area contributed by atoms with Crippen molar-refractivity contribution in [3.63, 3.8) is 0 Å². The van der Waals surface area contributed by atoms with E-state index in [2.05, 4.69) is 35.2 Å². The van der Waals surface area contributed by atoms with Crippen LogP contribution >= 0.6 is 11.8 Å². The summed E-state index contributed by atoms with van der Waals surface area (Å²) in [6, 6.07) is 0. The summed E-state index contributed by atoms with van der Waals surface area (Å²) in [7, 11) is 0. The first-order valence-corrected chi connectivity index (χ1v) is 7.00. The molecule has 3 aromatic heterocycles. The largest absolute Gasteiger partial charge is 0.505 e. The van der Waals surface area contributed by atoms with Crippen LogP contribution in [0.25, 0.3) is 11.2 Å². The monoisotopic (exact) mass is 318 g/mol. The summed E-state index contributed by atoms with van der Waals surface area (Å²) in [4.78, 5) is 34.3. The molecule has 22 heavy (non-hydrogen) atoms. The minimum Gasteiger partial charge on any atom is -0.505 e. The lowest BCUT2D eigenvalue weighted by Gasteiger charge is -2.04. The average molecular weight is 318 g/mol. The third-order valence-electron chi connectivity index (χ3n) is 2.50. The zero-order valence-corrected chi connectivity index (χ0v) is 11.8. The predicted octanol–water partition coefficient (Wildman–Crippen LogP) is 0.161. The van der Waals surface area contributed by atoms with Crippen LogP contribution in [0.5, 0.6) is 5.75 Å². The summed E-state index contributed by atoms with van der Waals surface area (Å²) >= 11 is 1.18. The quantitative estimate of drug-likeness (QED) is 0.388. The first-order valence-electron chi connectivity index (χ1n) is 6.02. The Morgan fingerprint density at radius 1 is 1.32 bits per heavy atom. The lowest BCUT2D eigenvalue weighted by Crippen LogP contribution is -2.16. The molecule has 0 aliphatic rings. The number of carbonyl (C=O) groups excluding carboxylic acids is 1. The molecule has 0 saturated heterocycles. The maximum absolute atomic E-state index is 11.9. The van der Waals surface area contributed by atoms with E-state index < -0.39 is 0 Å². The lowest BCUT2D eigenvalue weighted by molar-refractivity contribution is -0.113. The van der Waals surface area contributed by atoms with Gasteiger partial charge in [0.1, 0.15) is 10.5 Å². The molecule has 0 fully saturated rings. The summed E-state index contributed by atoms with van der Waals surface area (Å²) in [5, 5.41) is 12.1. The van der Waals surface area contributed by atoms with E-state index >= 15 is 0 Å². The number of nitrogens with one attached hydrogen (secondary N) is 2. The van der Waals surface area contributed by atoms with Crippen molar-refractivity contribution in [1.82, 2.24) is 29.9 Å². The van der Waals surface area contributed by atoms with Gasteiger partial charge in [-0.05, 0) is 0 Å². The fourth-order valence-corrected chi connectivity index (χ4v) is 2.40. The molecule has 1 amide bonds. The number of amides is 1. The van der Waals surface area contributed by atoms with Crippen molar-refractivity contribution in [1.29, 1.82) is 0 Å². The molecule has 0 unspecified atom stereocenters. The van der Waals surface area contributed by atoms with E-state index in [1.165, 1.54) is 30.5 Å². The number of nitrogen functional groups attached to an aromatic ring is 1. The highest BCUT2D eigenvalue weighted by Crippen LogP contribution is 2.23. The number of aromatic hydroxyl groups is 1. The normalized spacial score (nSPS) is 10.7. The smallest absolute Gasteiger partial charge is 0.237 e. The first kappa shape index (κ1) is 14.0. The number of fused-ring (bicyclic) bond motifs is 1. The molecule has 0 saturated carbocycles. The molecule has 11 heteroatoms. The zero-order valence-electron chi connectivity index (χ0n) is 11.0. The van der Waals surface area contributed by atoms with Gasteiger partial charge in [-0.3, -0.25) is 10.1 Å². The molecule has 3 aromatic rings. The van der Waals surface area contributed by atoms with Crippen LogP contribution in [0.2, 0.25) is 0 Å². The number of hydrogen-bond donors (Lipinski definition) is 4. The van der Waals surface area contributed by atoms with Crippen LogP contribution in [-0.2, 0) is 4.79 Å². The molecule has 3 heterocycles. The number of thioether (sulfide) groups is 1. The second kappa shape index (κ2) is 5.81. The number of rotatable bonds is 4. The molecule has 0 aromatic carbocycles. The number of nitrogens with zero attached hydrogens (tertiary/aromatic N) is 5. The Bertz CT molecular complexity index is 819. The Morgan fingerprint density at radius 3 is 2.86 bits per heavy atom. The van der Waals surface area contributed by atoms with Gasteiger partial charge in [-0.1, -0.05) is 11.8 Å². The number of aromatic nitrogens is 6. The van der Waals surface area contributed by atoms with Crippen molar-refractivity contribution in [3.05, 3.63) is 18.7 Å². The molecule has 112 valence electrons. The lowest BCUT2D eigenvalue weighted by atomic mass is 10.5. The zero-order chi connectivity index (χ0) is 15.5. The van der Waals surface area contributed by atoms with E-state index in [4.69, 9.17) is 10.8 Å². The number of nitrogens with two attached hydrogens (primary N) is 1. The van der Waals surface area contributed by atoms with Gasteiger partial charge in [0, 0.05) is 0 Å². The van der Waals surface area contributed by atoms with Gasteiger partial charge in [0.05, 0.1) is 24.5 Å². The average Bonchev–Trinajstić information content (AvgIpc) is 2.95. The van der Waals surface area contributed by atoms with E-state index in [0.29, 0.717) is 16.2 Å². The molecular formula is C11H10N8O2S. The summed E-state index contributed by atoms with van der Waals surface area (Å²) in [5.41, 5.74) is 6.65. The van der Waals surface area contributed by atoms with Crippen LogP contribution in [0, 0.1) is 0 Å². The van der Waals surface area contributed by atoms with Crippen molar-refractivity contribution >= 4 is 40.7 Å². The van der Waals surface area contributed by atoms with Crippen molar-refractivity contribution in [3.8, 4) is 5.75 Å². The maximum atomic E-state index is 11.9. The second-order valence-corrected chi connectivity index (χ2v) is 5.05. The molecule has 5 N–H and O–H groups in total. The van der Waals surface area contributed by atoms with Gasteiger partial charge >= 0.3 is 0 Å². The van der Waals surface area contributed by atoms with Gasteiger partial charge in [-0.15, -0.1) is 0 Å². The van der Waals surface area contributed by atoms with E-state index in [1.807, 2.05) is 0 Å². The Morgan fingerprint density at radius 2 is 2.09 bits per heavy atom. The number of aromatic amines is 1. The fourth-order valence-electron chi connectivity index (χ4n) is 1.61. The minimum atomic E-state index is -0.319. The van der Waals surface area contributed by atoms with Crippen molar-refractivity contribution < 1.29 is 9.90 Å². The second-order valence-electron chi connectivity index (χ2n) is 4.09. The molecule has 0 radical (unpaired) electrons. The molecule has 0 aliphatic carbocycles. The van der Waals surface area contributed by atoms with Gasteiger partial charge in [0.25, 0.3) is 0 Å². The molecule has 3 rings (SSSR count). The number of imidazole rings is 1. The van der Waals surface area contributed by atoms with Gasteiger partial charge in [0.15, 0.2) is 11.4 Å². The van der Waals surface area contributed by atoms with Gasteiger partial charge in [-0.2, -0.15) is 4.98 Å². The third-order valence-corrected chi connectivity index (χ3v) is 3.47. The highest BCUT2D eigenvalue weighted by Gasteiger charge is 2.12. The SMILES string of the molecule is Nc1nc(SCC(=O)Nc2ncc(O)cn2)c2[nH]cnc2n1. The van der Waals surface area contributed by atoms with Gasteiger partial charge < -0.3 is 15.8 Å². The summed E-state index contributed by atoms with van der Waals surface area (Å²) in [5.74, 6) is -0.123. The Balaban J connectivity index is 1.67. The Labute approximate surface area is 127 Å². The van der Waals surface area contributed by atoms with E-state index in [-0.39, 0.29) is 29.3 Å². The van der Waals surface area contributed by atoms with Crippen LogP contribution in [0.4, 0.5) is 11.9 Å². The molecule has 0 bridgehead atoms. The predicted molar refractivity (Wildman–Crippen MR) is 79.1 cm³/mol. The molecule has 0 aliphatic heterocycles. The topological polar surface area (TPSA) is 156 Å². The Hall–Kier alpha value is -2.95. The van der Waals surface area contributed by atoms with Crippen LogP contribution in [-0.4, -0.2) is 46.7 Å². The van der Waals surface area contributed by atoms with E-state index in [9.17, 15) is 4.79 Å². The standard InChI is InChI=1S/C11H10N8O2S/c12-10-18-8-7(15-4-16-8)9(19-10)22-3-6(21)17-11-13-1-5(20)2-14-11/h1-2,4,20H,3H2,(H,13,14,17,21)(H3,12,15,16,18,19). The number of anilines is 2. The molecular weight excluding hydrogens is 308 g/mol. The van der Waals surface area contributed by atoms with Crippen LogP contribution in [0.15, 0.2) is 23.7 Å². The van der Waals surface area contributed by atoms with Gasteiger partial charge in [-0.25, -0.2) is 19.9 Å². The fraction of sp³-hybridized carbons (Fsp3) is 0.0909. The van der Waals surface area contributed by atoms with Crippen LogP contribution in [0.3, 0.4) is 0 Å². The highest BCUT2D eigenvalue weighted by atomic mass is 32.2. The number of hydrogen-bond acceptors (Lipinski definition) is 9. The van der Waals surface area contributed by atoms with E-state index in [0.717, 1.165) is 0 Å². The van der Waals surface area contributed by atoms with E-state index in [1.54, 1.807) is 0 Å². The van der Waals surface area contributed by atoms with Crippen molar-refractivity contribution in [2.24, 2.45) is 0 Å². The third kappa shape index (κ3) is 3.03. The summed E-state index contributed by atoms with van der Waals surface area (Å²) in [6.45, 7) is 0. The molecule has 0 spiro atoms. The minimum absolute atomic E-state index is 0.0782. The van der Waals surface area contributed by atoms with Crippen LogP contribution < -0.4 is 11.1 Å². The van der Waals surface area contributed by atoms with Crippen molar-refractivity contribution in [2.45, 2.75) is 5.03 Å². The van der Waals surface area contributed by atoms with Gasteiger partial charge in [0.2, 0.25) is 17.8 Å². The number of H-pyrrole nitrogens is 1. The van der Waals surface area contributed by atoms with Crippen molar-refractivity contribution in [2.75, 3.05) is 16.8 Å². The Kier molecular flexibility index (Phi) is 3.70. The maximum Gasteiger partial charge on any atom is 0.237 e. The first-order chi connectivity index (χ1) is 10.6. The summed E-state index contributed by atoms with van der Waals surface area (Å²) < 4.78 is 0. The molecule has 10 nitrogen and oxygen atoms in total. The summed E-state index contributed by atoms with van der Waals surface area (Å²) in [6.07, 6.45) is 3.86.